The van der Waals surface area contributed by atoms with Crippen molar-refractivity contribution in [3.63, 3.8) is 0 Å². The first-order valence-electron chi connectivity index (χ1n) is 9.17. The summed E-state index contributed by atoms with van der Waals surface area (Å²) in [5, 5.41) is 0.933. The van der Waals surface area contributed by atoms with Gasteiger partial charge in [0.05, 0.1) is 16.8 Å². The molecule has 132 valence electrons. The Balaban J connectivity index is 1.81. The minimum absolute atomic E-state index is 0.129. The lowest BCUT2D eigenvalue weighted by molar-refractivity contribution is 0.0763. The maximum atomic E-state index is 13.3. The number of rotatable bonds is 2. The highest BCUT2D eigenvalue weighted by Crippen LogP contribution is 2.27. The molecule has 3 nitrogen and oxygen atoms in total. The number of carbonyl (C=O) groups excluding carboxylic acids is 1. The van der Waals surface area contributed by atoms with Crippen LogP contribution in [0.3, 0.4) is 0 Å². The normalized spacial score (nSPS) is 15.0. The van der Waals surface area contributed by atoms with Gasteiger partial charge in [0.1, 0.15) is 0 Å². The molecule has 0 atom stereocenters. The standard InChI is InChI=1S/C22H21BrN2O/c23-17-11-9-16(10-12-17)21-15-19(18-7-3-4-8-20(18)24-21)22(26)25-13-5-1-2-6-14-25/h3-4,7-12,15H,1-2,5-6,13-14H2. The number of hydrogen-bond donors (Lipinski definition) is 0. The lowest BCUT2D eigenvalue weighted by atomic mass is 10.0. The summed E-state index contributed by atoms with van der Waals surface area (Å²) >= 11 is 3.47. The van der Waals surface area contributed by atoms with Crippen molar-refractivity contribution in [3.8, 4) is 11.3 Å². The molecule has 1 saturated heterocycles. The van der Waals surface area contributed by atoms with Crippen molar-refractivity contribution < 1.29 is 4.79 Å². The molecule has 0 spiro atoms. The number of nitrogens with zero attached hydrogens (tertiary/aromatic N) is 2. The zero-order valence-electron chi connectivity index (χ0n) is 14.6. The number of carbonyl (C=O) groups is 1. The summed E-state index contributed by atoms with van der Waals surface area (Å²) in [5.41, 5.74) is 3.49. The van der Waals surface area contributed by atoms with Crippen LogP contribution in [-0.2, 0) is 0 Å². The first-order chi connectivity index (χ1) is 12.7. The lowest BCUT2D eigenvalue weighted by Crippen LogP contribution is -2.32. The Hall–Kier alpha value is -2.20. The molecule has 1 aromatic heterocycles. The van der Waals surface area contributed by atoms with Crippen molar-refractivity contribution in [2.75, 3.05) is 13.1 Å². The van der Waals surface area contributed by atoms with Crippen molar-refractivity contribution in [2.45, 2.75) is 25.7 Å². The summed E-state index contributed by atoms with van der Waals surface area (Å²) in [6.45, 7) is 1.70. The molecule has 1 aliphatic heterocycles. The van der Waals surface area contributed by atoms with E-state index in [1.807, 2.05) is 59.5 Å². The number of benzene rings is 2. The van der Waals surface area contributed by atoms with Crippen LogP contribution >= 0.6 is 15.9 Å². The maximum Gasteiger partial charge on any atom is 0.254 e. The summed E-state index contributed by atoms with van der Waals surface area (Å²) < 4.78 is 1.03. The van der Waals surface area contributed by atoms with Gasteiger partial charge in [-0.25, -0.2) is 4.98 Å². The molecule has 0 radical (unpaired) electrons. The molecule has 0 unspecified atom stereocenters. The molecule has 4 rings (SSSR count). The number of likely N-dealkylation sites (tertiary alicyclic amines) is 1. The zero-order chi connectivity index (χ0) is 17.9. The number of para-hydroxylation sites is 1. The molecule has 3 aromatic rings. The summed E-state index contributed by atoms with van der Waals surface area (Å²) in [5.74, 6) is 0.129. The lowest BCUT2D eigenvalue weighted by Gasteiger charge is -2.21. The number of pyridine rings is 1. The highest BCUT2D eigenvalue weighted by Gasteiger charge is 2.20. The van der Waals surface area contributed by atoms with E-state index >= 15 is 0 Å². The SMILES string of the molecule is O=C(c1cc(-c2ccc(Br)cc2)nc2ccccc12)N1CCCCCC1. The summed E-state index contributed by atoms with van der Waals surface area (Å²) in [4.78, 5) is 20.1. The van der Waals surface area contributed by atoms with Gasteiger partial charge in [0.25, 0.3) is 5.91 Å². The molecular formula is C22H21BrN2O. The molecule has 1 aliphatic rings. The topological polar surface area (TPSA) is 33.2 Å². The highest BCUT2D eigenvalue weighted by atomic mass is 79.9. The minimum Gasteiger partial charge on any atom is -0.339 e. The number of aromatic nitrogens is 1. The molecule has 1 amide bonds. The third-order valence-electron chi connectivity index (χ3n) is 4.98. The van der Waals surface area contributed by atoms with Crippen LogP contribution in [0, 0.1) is 0 Å². The first-order valence-corrected chi connectivity index (χ1v) is 9.97. The molecule has 2 aromatic carbocycles. The quantitative estimate of drug-likeness (QED) is 0.546. The largest absolute Gasteiger partial charge is 0.339 e. The Morgan fingerprint density at radius 1 is 0.923 bits per heavy atom. The molecule has 0 aliphatic carbocycles. The third kappa shape index (κ3) is 3.51. The number of hydrogen-bond acceptors (Lipinski definition) is 2. The van der Waals surface area contributed by atoms with Crippen LogP contribution in [0.5, 0.6) is 0 Å². The second-order valence-corrected chi connectivity index (χ2v) is 7.70. The van der Waals surface area contributed by atoms with E-state index in [2.05, 4.69) is 15.9 Å². The summed E-state index contributed by atoms with van der Waals surface area (Å²) in [7, 11) is 0. The van der Waals surface area contributed by atoms with Gasteiger partial charge in [-0.05, 0) is 37.1 Å². The summed E-state index contributed by atoms with van der Waals surface area (Å²) in [6, 6.07) is 18.0. The van der Waals surface area contributed by atoms with Crippen LogP contribution in [0.25, 0.3) is 22.2 Å². The average molecular weight is 409 g/mol. The fourth-order valence-electron chi connectivity index (χ4n) is 3.56. The van der Waals surface area contributed by atoms with E-state index < -0.39 is 0 Å². The van der Waals surface area contributed by atoms with E-state index in [-0.39, 0.29) is 5.91 Å². The number of amides is 1. The predicted molar refractivity (Wildman–Crippen MR) is 109 cm³/mol. The van der Waals surface area contributed by atoms with Gasteiger partial charge in [-0.2, -0.15) is 0 Å². The van der Waals surface area contributed by atoms with Gasteiger partial charge >= 0.3 is 0 Å². The van der Waals surface area contributed by atoms with Crippen molar-refractivity contribution in [1.82, 2.24) is 9.88 Å². The second-order valence-electron chi connectivity index (χ2n) is 6.79. The molecule has 4 heteroatoms. The van der Waals surface area contributed by atoms with E-state index in [4.69, 9.17) is 4.98 Å². The highest BCUT2D eigenvalue weighted by molar-refractivity contribution is 9.10. The monoisotopic (exact) mass is 408 g/mol. The zero-order valence-corrected chi connectivity index (χ0v) is 16.2. The molecule has 0 N–H and O–H groups in total. The third-order valence-corrected chi connectivity index (χ3v) is 5.51. The minimum atomic E-state index is 0.129. The molecule has 2 heterocycles. The van der Waals surface area contributed by atoms with Gasteiger partial charge in [-0.1, -0.05) is 59.1 Å². The number of halogens is 1. The van der Waals surface area contributed by atoms with E-state index in [1.165, 1.54) is 12.8 Å². The van der Waals surface area contributed by atoms with Gasteiger partial charge in [0.15, 0.2) is 0 Å². The van der Waals surface area contributed by atoms with Crippen molar-refractivity contribution >= 4 is 32.7 Å². The van der Waals surface area contributed by atoms with Crippen LogP contribution in [0.15, 0.2) is 59.1 Å². The molecular weight excluding hydrogens is 388 g/mol. The molecule has 1 fully saturated rings. The van der Waals surface area contributed by atoms with Gasteiger partial charge in [-0.15, -0.1) is 0 Å². The first kappa shape index (κ1) is 17.2. The summed E-state index contributed by atoms with van der Waals surface area (Å²) in [6.07, 6.45) is 4.61. The van der Waals surface area contributed by atoms with E-state index in [9.17, 15) is 4.79 Å². The van der Waals surface area contributed by atoms with Crippen LogP contribution in [0.4, 0.5) is 0 Å². The Labute approximate surface area is 162 Å². The van der Waals surface area contributed by atoms with E-state index in [0.717, 1.165) is 58.1 Å². The van der Waals surface area contributed by atoms with Gasteiger partial charge in [-0.3, -0.25) is 4.79 Å². The molecule has 0 saturated carbocycles. The van der Waals surface area contributed by atoms with Crippen molar-refractivity contribution in [1.29, 1.82) is 0 Å². The fraction of sp³-hybridized carbons (Fsp3) is 0.273. The van der Waals surface area contributed by atoms with Gasteiger partial charge < -0.3 is 4.90 Å². The maximum absolute atomic E-state index is 13.3. The Bertz CT molecular complexity index is 929. The second kappa shape index (κ2) is 7.58. The van der Waals surface area contributed by atoms with Crippen LogP contribution < -0.4 is 0 Å². The van der Waals surface area contributed by atoms with Crippen molar-refractivity contribution in [2.24, 2.45) is 0 Å². The Morgan fingerprint density at radius 2 is 1.62 bits per heavy atom. The molecule has 0 bridgehead atoms. The van der Waals surface area contributed by atoms with Crippen molar-refractivity contribution in [3.05, 3.63) is 64.6 Å². The van der Waals surface area contributed by atoms with Gasteiger partial charge in [0, 0.05) is 28.5 Å². The van der Waals surface area contributed by atoms with E-state index in [1.54, 1.807) is 0 Å². The Kier molecular flexibility index (Phi) is 5.02. The predicted octanol–water partition coefficient (Wildman–Crippen LogP) is 5.68. The van der Waals surface area contributed by atoms with Crippen LogP contribution in [0.1, 0.15) is 36.0 Å². The Morgan fingerprint density at radius 3 is 2.35 bits per heavy atom. The smallest absolute Gasteiger partial charge is 0.254 e. The van der Waals surface area contributed by atoms with Crippen LogP contribution in [0.2, 0.25) is 0 Å². The average Bonchev–Trinajstić information content (AvgIpc) is 2.96. The van der Waals surface area contributed by atoms with Crippen LogP contribution in [-0.4, -0.2) is 28.9 Å². The van der Waals surface area contributed by atoms with E-state index in [0.29, 0.717) is 0 Å². The van der Waals surface area contributed by atoms with Gasteiger partial charge in [0.2, 0.25) is 0 Å². The fourth-order valence-corrected chi connectivity index (χ4v) is 3.83. The number of fused-ring (bicyclic) bond motifs is 1. The molecule has 26 heavy (non-hydrogen) atoms.